The smallest absolute Gasteiger partial charge is 0.0834 e. The van der Waals surface area contributed by atoms with Gasteiger partial charge in [-0.25, -0.2) is 0 Å². The number of rotatable bonds is 4. The first-order valence-corrected chi connectivity index (χ1v) is 7.34. The molecule has 1 aliphatic carbocycles. The van der Waals surface area contributed by atoms with Crippen LogP contribution in [0.15, 0.2) is 18.5 Å². The van der Waals surface area contributed by atoms with E-state index < -0.39 is 0 Å². The number of aromatic nitrogens is 1. The van der Waals surface area contributed by atoms with Gasteiger partial charge in [0.25, 0.3) is 0 Å². The Labute approximate surface area is 120 Å². The van der Waals surface area contributed by atoms with Gasteiger partial charge >= 0.3 is 0 Å². The second kappa shape index (κ2) is 6.21. The van der Waals surface area contributed by atoms with E-state index in [0.29, 0.717) is 10.9 Å². The van der Waals surface area contributed by atoms with Crippen molar-refractivity contribution in [3.05, 3.63) is 29.0 Å². The molecule has 1 heterocycles. The van der Waals surface area contributed by atoms with Crippen molar-refractivity contribution >= 4 is 11.6 Å². The second-order valence-electron chi connectivity index (χ2n) is 5.75. The number of nitrogens with two attached hydrogens (primary N) is 1. The molecular weight excluding hydrogens is 260 g/mol. The molecular formula is C15H23ClN2O. The van der Waals surface area contributed by atoms with Crippen LogP contribution in [-0.4, -0.2) is 23.7 Å². The molecule has 0 spiro atoms. The lowest BCUT2D eigenvalue weighted by atomic mass is 9.73. The van der Waals surface area contributed by atoms with Gasteiger partial charge in [-0.1, -0.05) is 31.4 Å². The summed E-state index contributed by atoms with van der Waals surface area (Å²) in [5.74, 6) is 0.674. The first-order chi connectivity index (χ1) is 9.07. The normalized spacial score (nSPS) is 29.2. The highest BCUT2D eigenvalue weighted by Gasteiger charge is 2.40. The average molecular weight is 283 g/mol. The van der Waals surface area contributed by atoms with Crippen LogP contribution in [0.2, 0.25) is 5.02 Å². The molecule has 1 fully saturated rings. The molecule has 4 heteroatoms. The number of halogens is 1. The Balaban J connectivity index is 2.13. The number of pyridine rings is 1. The largest absolute Gasteiger partial charge is 0.377 e. The predicted octanol–water partition coefficient (Wildman–Crippen LogP) is 3.20. The Morgan fingerprint density at radius 1 is 1.63 bits per heavy atom. The molecule has 2 rings (SSSR count). The minimum absolute atomic E-state index is 0.0276. The Morgan fingerprint density at radius 2 is 2.42 bits per heavy atom. The van der Waals surface area contributed by atoms with Crippen molar-refractivity contribution in [1.82, 2.24) is 4.98 Å². The van der Waals surface area contributed by atoms with Crippen LogP contribution in [0.25, 0.3) is 0 Å². The van der Waals surface area contributed by atoms with Gasteiger partial charge in [-0.2, -0.15) is 0 Å². The van der Waals surface area contributed by atoms with E-state index >= 15 is 0 Å². The van der Waals surface area contributed by atoms with Crippen molar-refractivity contribution < 1.29 is 4.74 Å². The SMILES string of the molecule is COC1(C(N)Cc2ccncc2Cl)CCCC(C)C1. The molecule has 19 heavy (non-hydrogen) atoms. The summed E-state index contributed by atoms with van der Waals surface area (Å²) in [4.78, 5) is 4.01. The molecule has 1 aromatic heterocycles. The van der Waals surface area contributed by atoms with Crippen molar-refractivity contribution in [3.63, 3.8) is 0 Å². The molecule has 106 valence electrons. The molecule has 0 radical (unpaired) electrons. The summed E-state index contributed by atoms with van der Waals surface area (Å²) >= 11 is 6.17. The van der Waals surface area contributed by atoms with Crippen molar-refractivity contribution in [2.75, 3.05) is 7.11 Å². The zero-order valence-electron chi connectivity index (χ0n) is 11.7. The van der Waals surface area contributed by atoms with Gasteiger partial charge in [0.1, 0.15) is 0 Å². The van der Waals surface area contributed by atoms with E-state index in [9.17, 15) is 0 Å². The Bertz CT molecular complexity index is 426. The second-order valence-corrected chi connectivity index (χ2v) is 6.16. The lowest BCUT2D eigenvalue weighted by Crippen LogP contribution is -2.53. The maximum absolute atomic E-state index is 6.45. The van der Waals surface area contributed by atoms with E-state index in [-0.39, 0.29) is 11.6 Å². The summed E-state index contributed by atoms with van der Waals surface area (Å²) in [6, 6.07) is 1.91. The third-order valence-electron chi connectivity index (χ3n) is 4.37. The highest BCUT2D eigenvalue weighted by molar-refractivity contribution is 6.31. The fourth-order valence-corrected chi connectivity index (χ4v) is 3.41. The third kappa shape index (κ3) is 3.28. The quantitative estimate of drug-likeness (QED) is 0.922. The summed E-state index contributed by atoms with van der Waals surface area (Å²) in [6.07, 6.45) is 8.71. The van der Waals surface area contributed by atoms with Gasteiger partial charge in [0, 0.05) is 25.5 Å². The van der Waals surface area contributed by atoms with Crippen molar-refractivity contribution in [3.8, 4) is 0 Å². The van der Waals surface area contributed by atoms with Crippen LogP contribution in [0.3, 0.4) is 0 Å². The number of methoxy groups -OCH3 is 1. The lowest BCUT2D eigenvalue weighted by molar-refractivity contribution is -0.0705. The van der Waals surface area contributed by atoms with Gasteiger partial charge in [0.2, 0.25) is 0 Å². The Hall–Kier alpha value is -0.640. The lowest BCUT2D eigenvalue weighted by Gasteiger charge is -2.43. The number of ether oxygens (including phenoxy) is 1. The molecule has 1 saturated carbocycles. The molecule has 3 atom stereocenters. The van der Waals surface area contributed by atoms with Gasteiger partial charge in [-0.15, -0.1) is 0 Å². The van der Waals surface area contributed by atoms with Crippen LogP contribution in [-0.2, 0) is 11.2 Å². The highest BCUT2D eigenvalue weighted by atomic mass is 35.5. The molecule has 3 unspecified atom stereocenters. The molecule has 0 aromatic carbocycles. The highest BCUT2D eigenvalue weighted by Crippen LogP contribution is 2.37. The summed E-state index contributed by atoms with van der Waals surface area (Å²) in [6.45, 7) is 2.28. The van der Waals surface area contributed by atoms with E-state index in [1.54, 1.807) is 19.5 Å². The standard InChI is InChI=1S/C15H23ClN2O/c1-11-4-3-6-15(9-11,19-2)14(17)8-12-5-7-18-10-13(12)16/h5,7,10-11,14H,3-4,6,8-9,17H2,1-2H3. The van der Waals surface area contributed by atoms with Crippen LogP contribution in [0, 0.1) is 5.92 Å². The van der Waals surface area contributed by atoms with Gasteiger partial charge < -0.3 is 10.5 Å². The first kappa shape index (κ1) is 14.8. The number of nitrogens with zero attached hydrogens (tertiary/aromatic N) is 1. The van der Waals surface area contributed by atoms with Crippen molar-refractivity contribution in [1.29, 1.82) is 0 Å². The average Bonchev–Trinajstić information content (AvgIpc) is 2.41. The topological polar surface area (TPSA) is 48.1 Å². The van der Waals surface area contributed by atoms with E-state index in [0.717, 1.165) is 24.8 Å². The van der Waals surface area contributed by atoms with Crippen LogP contribution in [0.1, 0.15) is 38.2 Å². The Kier molecular flexibility index (Phi) is 4.82. The van der Waals surface area contributed by atoms with Crippen molar-refractivity contribution in [2.24, 2.45) is 11.7 Å². The Morgan fingerprint density at radius 3 is 3.05 bits per heavy atom. The summed E-state index contributed by atoms with van der Waals surface area (Å²) in [5.41, 5.74) is 7.30. The molecule has 2 N–H and O–H groups in total. The van der Waals surface area contributed by atoms with Gasteiger partial charge in [-0.3, -0.25) is 4.98 Å². The van der Waals surface area contributed by atoms with E-state index in [2.05, 4.69) is 11.9 Å². The predicted molar refractivity (Wildman–Crippen MR) is 78.3 cm³/mol. The fraction of sp³-hybridized carbons (Fsp3) is 0.667. The minimum Gasteiger partial charge on any atom is -0.377 e. The zero-order valence-corrected chi connectivity index (χ0v) is 12.5. The van der Waals surface area contributed by atoms with Crippen LogP contribution < -0.4 is 5.73 Å². The maximum Gasteiger partial charge on any atom is 0.0834 e. The van der Waals surface area contributed by atoms with Crippen LogP contribution in [0.4, 0.5) is 0 Å². The van der Waals surface area contributed by atoms with Gasteiger partial charge in [-0.05, 0) is 36.8 Å². The van der Waals surface area contributed by atoms with Gasteiger partial charge in [0.15, 0.2) is 0 Å². The van der Waals surface area contributed by atoms with Crippen molar-refractivity contribution in [2.45, 2.75) is 50.7 Å². The maximum atomic E-state index is 6.45. The van der Waals surface area contributed by atoms with E-state index in [4.69, 9.17) is 22.1 Å². The summed E-state index contributed by atoms with van der Waals surface area (Å²) in [7, 11) is 1.78. The summed E-state index contributed by atoms with van der Waals surface area (Å²) in [5, 5.41) is 0.688. The molecule has 0 aliphatic heterocycles. The van der Waals surface area contributed by atoms with Crippen LogP contribution >= 0.6 is 11.6 Å². The van der Waals surface area contributed by atoms with E-state index in [1.165, 1.54) is 12.8 Å². The molecule has 0 saturated heterocycles. The molecule has 0 bridgehead atoms. The van der Waals surface area contributed by atoms with Crippen LogP contribution in [0.5, 0.6) is 0 Å². The summed E-state index contributed by atoms with van der Waals surface area (Å²) < 4.78 is 5.84. The van der Waals surface area contributed by atoms with Gasteiger partial charge in [0.05, 0.1) is 10.6 Å². The molecule has 0 amide bonds. The molecule has 1 aliphatic rings. The number of hydrogen-bond donors (Lipinski definition) is 1. The zero-order chi connectivity index (χ0) is 13.9. The fourth-order valence-electron chi connectivity index (χ4n) is 3.21. The monoisotopic (exact) mass is 282 g/mol. The molecule has 3 nitrogen and oxygen atoms in total. The first-order valence-electron chi connectivity index (χ1n) is 6.96. The number of hydrogen-bond acceptors (Lipinski definition) is 3. The minimum atomic E-state index is -0.204. The van der Waals surface area contributed by atoms with E-state index in [1.807, 2.05) is 6.07 Å². The third-order valence-corrected chi connectivity index (χ3v) is 4.71. The molecule has 1 aromatic rings.